The Hall–Kier alpha value is -0.860. The first kappa shape index (κ1) is 17.1. The van der Waals surface area contributed by atoms with Gasteiger partial charge in [-0.25, -0.2) is 0 Å². The lowest BCUT2D eigenvalue weighted by atomic mass is 10.0. The largest absolute Gasteiger partial charge is 0.466 e. The van der Waals surface area contributed by atoms with Gasteiger partial charge in [-0.1, -0.05) is 32.6 Å². The van der Waals surface area contributed by atoms with Crippen molar-refractivity contribution in [2.45, 2.75) is 78.1 Å². The van der Waals surface area contributed by atoms with E-state index in [1.54, 1.807) is 0 Å². The van der Waals surface area contributed by atoms with Crippen molar-refractivity contribution in [1.82, 2.24) is 0 Å². The maximum absolute atomic E-state index is 11.5. The van der Waals surface area contributed by atoms with E-state index in [9.17, 15) is 9.59 Å². The molecule has 0 rings (SSSR count). The first-order valence-electron chi connectivity index (χ1n) is 7.32. The molecule has 3 heteroatoms. The fourth-order valence-corrected chi connectivity index (χ4v) is 1.87. The highest BCUT2D eigenvalue weighted by Gasteiger charge is 2.02. The first-order valence-corrected chi connectivity index (χ1v) is 7.32. The number of hydrogen-bond acceptors (Lipinski definition) is 3. The molecule has 3 nitrogen and oxygen atoms in total. The summed E-state index contributed by atoms with van der Waals surface area (Å²) in [4.78, 5) is 22.0. The maximum Gasteiger partial charge on any atom is 0.302 e. The first-order chi connectivity index (χ1) is 8.66. The average molecular weight is 256 g/mol. The van der Waals surface area contributed by atoms with E-state index in [2.05, 4.69) is 6.92 Å². The summed E-state index contributed by atoms with van der Waals surface area (Å²) in [6, 6.07) is 0. The zero-order chi connectivity index (χ0) is 13.6. The Balaban J connectivity index is 3.19. The molecule has 0 saturated carbocycles. The Morgan fingerprint density at radius 2 is 1.39 bits per heavy atom. The van der Waals surface area contributed by atoms with Crippen LogP contribution in [0.2, 0.25) is 0 Å². The van der Waals surface area contributed by atoms with Crippen LogP contribution in [-0.4, -0.2) is 18.4 Å². The second kappa shape index (κ2) is 12.6. The Labute approximate surface area is 111 Å². The SMILES string of the molecule is CCCCCCCC(=O)CCCCCOC(C)=O. The number of carbonyl (C=O) groups excluding carboxylic acids is 2. The summed E-state index contributed by atoms with van der Waals surface area (Å²) in [6.45, 7) is 4.10. The number of ether oxygens (including phenoxy) is 1. The van der Waals surface area contributed by atoms with Gasteiger partial charge in [-0.3, -0.25) is 9.59 Å². The Morgan fingerprint density at radius 3 is 1.94 bits per heavy atom. The molecule has 0 aliphatic carbocycles. The third kappa shape index (κ3) is 13.2. The quantitative estimate of drug-likeness (QED) is 0.391. The number of Topliss-reactive ketones (excluding diaryl/α,β-unsaturated/α-hetero) is 1. The van der Waals surface area contributed by atoms with Gasteiger partial charge < -0.3 is 4.74 Å². The molecule has 0 unspecified atom stereocenters. The van der Waals surface area contributed by atoms with Crippen molar-refractivity contribution in [1.29, 1.82) is 0 Å². The molecule has 0 aromatic heterocycles. The number of rotatable bonds is 12. The van der Waals surface area contributed by atoms with Crippen LogP contribution in [0.3, 0.4) is 0 Å². The zero-order valence-electron chi connectivity index (χ0n) is 12.0. The molecule has 0 bridgehead atoms. The second-order valence-corrected chi connectivity index (χ2v) is 4.85. The number of hydrogen-bond donors (Lipinski definition) is 0. The summed E-state index contributed by atoms with van der Waals surface area (Å²) < 4.78 is 4.83. The predicted octanol–water partition coefficient (Wildman–Crippen LogP) is 4.04. The molecular weight excluding hydrogens is 228 g/mol. The lowest BCUT2D eigenvalue weighted by Gasteiger charge is -2.02. The summed E-state index contributed by atoms with van der Waals surface area (Å²) in [5, 5.41) is 0. The molecule has 0 heterocycles. The fourth-order valence-electron chi connectivity index (χ4n) is 1.87. The molecule has 0 aliphatic heterocycles. The highest BCUT2D eigenvalue weighted by molar-refractivity contribution is 5.78. The fraction of sp³-hybridized carbons (Fsp3) is 0.867. The van der Waals surface area contributed by atoms with Crippen molar-refractivity contribution in [3.05, 3.63) is 0 Å². The van der Waals surface area contributed by atoms with Crippen molar-refractivity contribution < 1.29 is 14.3 Å². The van der Waals surface area contributed by atoms with E-state index in [-0.39, 0.29) is 5.97 Å². The number of carbonyl (C=O) groups is 2. The number of unbranched alkanes of at least 4 members (excludes halogenated alkanes) is 6. The van der Waals surface area contributed by atoms with E-state index in [1.807, 2.05) is 0 Å². The van der Waals surface area contributed by atoms with Gasteiger partial charge in [0, 0.05) is 19.8 Å². The molecule has 0 amide bonds. The molecule has 0 N–H and O–H groups in total. The minimum absolute atomic E-state index is 0.224. The van der Waals surface area contributed by atoms with E-state index >= 15 is 0 Å². The highest BCUT2D eigenvalue weighted by atomic mass is 16.5. The van der Waals surface area contributed by atoms with Gasteiger partial charge in [-0.05, 0) is 25.7 Å². The van der Waals surface area contributed by atoms with Gasteiger partial charge in [0.15, 0.2) is 0 Å². The zero-order valence-corrected chi connectivity index (χ0v) is 12.0. The van der Waals surface area contributed by atoms with E-state index in [0.717, 1.165) is 32.1 Å². The van der Waals surface area contributed by atoms with Crippen molar-refractivity contribution in [3.63, 3.8) is 0 Å². The molecule has 0 fully saturated rings. The van der Waals surface area contributed by atoms with Gasteiger partial charge in [0.05, 0.1) is 6.61 Å². The standard InChI is InChI=1S/C15H28O3/c1-3-4-5-6-8-11-15(17)12-9-7-10-13-18-14(2)16/h3-13H2,1-2H3. The Bertz CT molecular complexity index is 224. The van der Waals surface area contributed by atoms with Crippen molar-refractivity contribution in [2.75, 3.05) is 6.61 Å². The third-order valence-corrected chi connectivity index (χ3v) is 2.96. The second-order valence-electron chi connectivity index (χ2n) is 4.85. The lowest BCUT2D eigenvalue weighted by Crippen LogP contribution is -2.01. The van der Waals surface area contributed by atoms with Gasteiger partial charge in [0.25, 0.3) is 0 Å². The minimum atomic E-state index is -0.224. The number of esters is 1. The van der Waals surface area contributed by atoms with Crippen molar-refractivity contribution in [3.8, 4) is 0 Å². The topological polar surface area (TPSA) is 43.4 Å². The van der Waals surface area contributed by atoms with Crippen LogP contribution in [0.25, 0.3) is 0 Å². The van der Waals surface area contributed by atoms with Crippen molar-refractivity contribution in [2.24, 2.45) is 0 Å². The van der Waals surface area contributed by atoms with E-state index in [0.29, 0.717) is 18.8 Å². The molecule has 0 radical (unpaired) electrons. The molecule has 0 aromatic rings. The molecule has 0 saturated heterocycles. The van der Waals surface area contributed by atoms with E-state index in [4.69, 9.17) is 4.74 Å². The summed E-state index contributed by atoms with van der Waals surface area (Å²) in [5.74, 6) is 0.164. The van der Waals surface area contributed by atoms with Crippen LogP contribution in [0, 0.1) is 0 Å². The van der Waals surface area contributed by atoms with E-state index < -0.39 is 0 Å². The van der Waals surface area contributed by atoms with Crippen LogP contribution in [0.4, 0.5) is 0 Å². The number of ketones is 1. The van der Waals surface area contributed by atoms with Gasteiger partial charge in [0.1, 0.15) is 5.78 Å². The molecule has 106 valence electrons. The Kier molecular flexibility index (Phi) is 12.0. The molecule has 0 aromatic carbocycles. The van der Waals surface area contributed by atoms with Crippen LogP contribution in [-0.2, 0) is 14.3 Å². The monoisotopic (exact) mass is 256 g/mol. The molecule has 18 heavy (non-hydrogen) atoms. The third-order valence-electron chi connectivity index (χ3n) is 2.96. The van der Waals surface area contributed by atoms with Gasteiger partial charge in [0.2, 0.25) is 0 Å². The smallest absolute Gasteiger partial charge is 0.302 e. The van der Waals surface area contributed by atoms with Crippen LogP contribution in [0.15, 0.2) is 0 Å². The summed E-state index contributed by atoms with van der Waals surface area (Å²) in [5.41, 5.74) is 0. The molecule has 0 aliphatic rings. The molecule has 0 atom stereocenters. The summed E-state index contributed by atoms with van der Waals surface area (Å²) in [6.07, 6.45) is 10.2. The van der Waals surface area contributed by atoms with Gasteiger partial charge in [-0.2, -0.15) is 0 Å². The maximum atomic E-state index is 11.5. The summed E-state index contributed by atoms with van der Waals surface area (Å²) >= 11 is 0. The molecular formula is C15H28O3. The van der Waals surface area contributed by atoms with Crippen LogP contribution in [0.5, 0.6) is 0 Å². The predicted molar refractivity (Wildman–Crippen MR) is 73.5 cm³/mol. The summed E-state index contributed by atoms with van der Waals surface area (Å²) in [7, 11) is 0. The minimum Gasteiger partial charge on any atom is -0.466 e. The van der Waals surface area contributed by atoms with Crippen LogP contribution >= 0.6 is 0 Å². The van der Waals surface area contributed by atoms with Crippen molar-refractivity contribution >= 4 is 11.8 Å². The van der Waals surface area contributed by atoms with E-state index in [1.165, 1.54) is 32.6 Å². The normalized spacial score (nSPS) is 10.3. The van der Waals surface area contributed by atoms with Gasteiger partial charge in [-0.15, -0.1) is 0 Å². The average Bonchev–Trinajstić information content (AvgIpc) is 2.33. The van der Waals surface area contributed by atoms with Crippen LogP contribution in [0.1, 0.15) is 78.1 Å². The lowest BCUT2D eigenvalue weighted by molar-refractivity contribution is -0.141. The van der Waals surface area contributed by atoms with Crippen LogP contribution < -0.4 is 0 Å². The Morgan fingerprint density at radius 1 is 0.833 bits per heavy atom. The molecule has 0 spiro atoms. The van der Waals surface area contributed by atoms with Gasteiger partial charge >= 0.3 is 5.97 Å². The highest BCUT2D eigenvalue weighted by Crippen LogP contribution is 2.08.